The molecule has 1 aromatic heterocycles. The largest absolute Gasteiger partial charge is 0.416 e. The smallest absolute Gasteiger partial charge is 0.355 e. The molecular formula is C21H17F3N2. The van der Waals surface area contributed by atoms with Gasteiger partial charge < -0.3 is 5.32 Å². The van der Waals surface area contributed by atoms with Crippen molar-refractivity contribution in [2.45, 2.75) is 13.1 Å². The maximum atomic E-state index is 12.9. The van der Waals surface area contributed by atoms with Gasteiger partial charge in [0, 0.05) is 23.1 Å². The molecule has 132 valence electrons. The predicted molar refractivity (Wildman–Crippen MR) is 98.5 cm³/mol. The molecule has 0 saturated heterocycles. The second kappa shape index (κ2) is 7.04. The van der Waals surface area contributed by atoms with Crippen LogP contribution < -0.4 is 5.32 Å². The Hall–Kier alpha value is -3.08. The summed E-state index contributed by atoms with van der Waals surface area (Å²) in [4.78, 5) is 4.29. The Labute approximate surface area is 150 Å². The monoisotopic (exact) mass is 354 g/mol. The zero-order valence-electron chi connectivity index (χ0n) is 14.1. The Bertz CT molecular complexity index is 914. The molecule has 1 heterocycles. The van der Waals surface area contributed by atoms with Gasteiger partial charge in [-0.2, -0.15) is 13.2 Å². The molecular weight excluding hydrogens is 337 g/mol. The number of anilines is 1. The van der Waals surface area contributed by atoms with Gasteiger partial charge in [-0.3, -0.25) is 4.98 Å². The normalized spacial score (nSPS) is 11.2. The summed E-state index contributed by atoms with van der Waals surface area (Å²) >= 11 is 0. The van der Waals surface area contributed by atoms with Crippen LogP contribution in [0.15, 0.2) is 73.4 Å². The lowest BCUT2D eigenvalue weighted by molar-refractivity contribution is -0.137. The van der Waals surface area contributed by atoms with E-state index in [9.17, 15) is 13.2 Å². The predicted octanol–water partition coefficient (Wildman–Crippen LogP) is 6.16. The molecule has 2 aromatic carbocycles. The molecule has 5 heteroatoms. The van der Waals surface area contributed by atoms with Crippen LogP contribution in [0, 0.1) is 6.92 Å². The maximum Gasteiger partial charge on any atom is 0.416 e. The van der Waals surface area contributed by atoms with E-state index in [0.717, 1.165) is 29.0 Å². The zero-order chi connectivity index (χ0) is 18.7. The van der Waals surface area contributed by atoms with Crippen molar-refractivity contribution < 1.29 is 13.2 Å². The maximum absolute atomic E-state index is 12.9. The lowest BCUT2D eigenvalue weighted by atomic mass is 10.1. The van der Waals surface area contributed by atoms with E-state index >= 15 is 0 Å². The number of aryl methyl sites for hydroxylation is 1. The average molecular weight is 354 g/mol. The fourth-order valence-corrected chi connectivity index (χ4v) is 2.54. The van der Waals surface area contributed by atoms with E-state index in [4.69, 9.17) is 0 Å². The van der Waals surface area contributed by atoms with Gasteiger partial charge in [-0.1, -0.05) is 43.0 Å². The minimum Gasteiger partial charge on any atom is -0.355 e. The van der Waals surface area contributed by atoms with E-state index in [1.54, 1.807) is 13.1 Å². The topological polar surface area (TPSA) is 24.9 Å². The number of alkyl halides is 3. The molecule has 0 spiro atoms. The van der Waals surface area contributed by atoms with Crippen molar-refractivity contribution in [1.82, 2.24) is 4.98 Å². The van der Waals surface area contributed by atoms with Crippen molar-refractivity contribution in [2.24, 2.45) is 0 Å². The Morgan fingerprint density at radius 2 is 1.73 bits per heavy atom. The quantitative estimate of drug-likeness (QED) is 0.607. The van der Waals surface area contributed by atoms with Crippen molar-refractivity contribution in [3.63, 3.8) is 0 Å². The Balaban J connectivity index is 1.80. The number of nitrogens with zero attached hydrogens (tertiary/aromatic N) is 1. The highest BCUT2D eigenvalue weighted by Gasteiger charge is 2.30. The van der Waals surface area contributed by atoms with E-state index in [-0.39, 0.29) is 0 Å². The van der Waals surface area contributed by atoms with Crippen molar-refractivity contribution in [1.29, 1.82) is 0 Å². The highest BCUT2D eigenvalue weighted by Crippen LogP contribution is 2.33. The molecule has 0 amide bonds. The molecule has 2 nitrogen and oxygen atoms in total. The molecule has 0 aliphatic heterocycles. The highest BCUT2D eigenvalue weighted by molar-refractivity contribution is 5.78. The van der Waals surface area contributed by atoms with E-state index in [0.29, 0.717) is 16.9 Å². The summed E-state index contributed by atoms with van der Waals surface area (Å²) in [5.41, 5.74) is 3.54. The second-order valence-electron chi connectivity index (χ2n) is 5.92. The minimum atomic E-state index is -4.38. The van der Waals surface area contributed by atoms with Crippen LogP contribution in [0.1, 0.15) is 16.7 Å². The number of hydrogen-bond acceptors (Lipinski definition) is 2. The molecule has 0 unspecified atom stereocenters. The lowest BCUT2D eigenvalue weighted by Gasteiger charge is -2.15. The minimum absolute atomic E-state index is 0.388. The second-order valence-corrected chi connectivity index (χ2v) is 5.92. The van der Waals surface area contributed by atoms with E-state index in [1.807, 2.05) is 42.5 Å². The number of hydrogen-bond donors (Lipinski definition) is 1. The summed E-state index contributed by atoms with van der Waals surface area (Å²) < 4.78 is 38.7. The molecule has 0 fully saturated rings. The molecule has 0 bridgehead atoms. The van der Waals surface area contributed by atoms with Gasteiger partial charge in [-0.25, -0.2) is 0 Å². The standard InChI is InChI=1S/C21H17F3N2/c1-14-6-11-18(21(22,23)24)13-20(14)26-15(2)16-7-9-17(10-8-16)19-5-3-4-12-25-19/h3-13,26H,2H2,1H3. The summed E-state index contributed by atoms with van der Waals surface area (Å²) in [5.74, 6) is 0. The summed E-state index contributed by atoms with van der Waals surface area (Å²) in [6.45, 7) is 5.70. The van der Waals surface area contributed by atoms with Crippen LogP contribution in [0.2, 0.25) is 0 Å². The van der Waals surface area contributed by atoms with Crippen molar-refractivity contribution in [2.75, 3.05) is 5.32 Å². The fourth-order valence-electron chi connectivity index (χ4n) is 2.54. The van der Waals surface area contributed by atoms with Crippen molar-refractivity contribution >= 4 is 11.4 Å². The molecule has 0 aliphatic rings. The molecule has 1 N–H and O–H groups in total. The molecule has 0 radical (unpaired) electrons. The van der Waals surface area contributed by atoms with Crippen molar-refractivity contribution in [3.8, 4) is 11.3 Å². The van der Waals surface area contributed by atoms with Crippen LogP contribution in [0.5, 0.6) is 0 Å². The fraction of sp³-hybridized carbons (Fsp3) is 0.0952. The van der Waals surface area contributed by atoms with Crippen LogP contribution in [-0.4, -0.2) is 4.98 Å². The molecule has 3 aromatic rings. The molecule has 26 heavy (non-hydrogen) atoms. The van der Waals surface area contributed by atoms with Gasteiger partial charge in [0.2, 0.25) is 0 Å². The first-order chi connectivity index (χ1) is 12.3. The van der Waals surface area contributed by atoms with Crippen molar-refractivity contribution in [3.05, 3.63) is 90.1 Å². The highest BCUT2D eigenvalue weighted by atomic mass is 19.4. The number of nitrogens with one attached hydrogen (secondary N) is 1. The van der Waals surface area contributed by atoms with Gasteiger partial charge in [0.25, 0.3) is 0 Å². The van der Waals surface area contributed by atoms with Gasteiger partial charge >= 0.3 is 6.18 Å². The van der Waals surface area contributed by atoms with Crippen LogP contribution in [0.25, 0.3) is 17.0 Å². The summed E-state index contributed by atoms with van der Waals surface area (Å²) in [6.07, 6.45) is -2.66. The SMILES string of the molecule is C=C(Nc1cc(C(F)(F)F)ccc1C)c1ccc(-c2ccccn2)cc1. The van der Waals surface area contributed by atoms with Gasteiger partial charge in [0.05, 0.1) is 11.3 Å². The van der Waals surface area contributed by atoms with Gasteiger partial charge in [0.15, 0.2) is 0 Å². The third-order valence-electron chi connectivity index (χ3n) is 4.04. The third kappa shape index (κ3) is 3.94. The van der Waals surface area contributed by atoms with E-state index in [1.165, 1.54) is 6.07 Å². The first-order valence-corrected chi connectivity index (χ1v) is 8.00. The van der Waals surface area contributed by atoms with Crippen LogP contribution in [-0.2, 0) is 6.18 Å². The van der Waals surface area contributed by atoms with Crippen LogP contribution in [0.3, 0.4) is 0 Å². The number of aromatic nitrogens is 1. The lowest BCUT2D eigenvalue weighted by Crippen LogP contribution is -2.07. The van der Waals surface area contributed by atoms with E-state index in [2.05, 4.69) is 16.9 Å². The summed E-state index contributed by atoms with van der Waals surface area (Å²) in [6, 6.07) is 16.8. The van der Waals surface area contributed by atoms with Crippen LogP contribution >= 0.6 is 0 Å². The molecule has 0 aliphatic carbocycles. The molecule has 3 rings (SSSR count). The van der Waals surface area contributed by atoms with Gasteiger partial charge in [0.1, 0.15) is 0 Å². The zero-order valence-corrected chi connectivity index (χ0v) is 14.1. The van der Waals surface area contributed by atoms with Gasteiger partial charge in [-0.15, -0.1) is 0 Å². The number of rotatable bonds is 4. The van der Waals surface area contributed by atoms with E-state index < -0.39 is 11.7 Å². The average Bonchev–Trinajstić information content (AvgIpc) is 2.63. The molecule has 0 atom stereocenters. The van der Waals surface area contributed by atoms with Crippen LogP contribution in [0.4, 0.5) is 18.9 Å². The Kier molecular flexibility index (Phi) is 4.80. The summed E-state index contributed by atoms with van der Waals surface area (Å²) in [5, 5.41) is 2.99. The summed E-state index contributed by atoms with van der Waals surface area (Å²) in [7, 11) is 0. The number of halogens is 3. The third-order valence-corrected chi connectivity index (χ3v) is 4.04. The first kappa shape index (κ1) is 17.7. The Morgan fingerprint density at radius 3 is 2.35 bits per heavy atom. The Morgan fingerprint density at radius 1 is 1.00 bits per heavy atom. The number of pyridine rings is 1. The van der Waals surface area contributed by atoms with Gasteiger partial charge in [-0.05, 0) is 42.3 Å². The molecule has 0 saturated carbocycles. The number of benzene rings is 2. The first-order valence-electron chi connectivity index (χ1n) is 8.00.